The minimum Gasteiger partial charge on any atom is -0.0648 e. The highest BCUT2D eigenvalue weighted by Gasteiger charge is 2.99. The van der Waals surface area contributed by atoms with Crippen LogP contribution in [0.25, 0.3) is 0 Å². The zero-order valence-electron chi connectivity index (χ0n) is 13.1. The van der Waals surface area contributed by atoms with Gasteiger partial charge >= 0.3 is 0 Å². The molecule has 0 aromatic heterocycles. The van der Waals surface area contributed by atoms with E-state index < -0.39 is 0 Å². The van der Waals surface area contributed by atoms with E-state index in [4.69, 9.17) is 0 Å². The Balaban J connectivity index is 1.77. The number of hydrogen-bond donors (Lipinski definition) is 0. The third kappa shape index (κ3) is 0.676. The molecule has 0 amide bonds. The maximum absolute atomic E-state index is 2.68. The molecule has 102 valence electrons. The fourth-order valence-corrected chi connectivity index (χ4v) is 8.83. The summed E-state index contributed by atoms with van der Waals surface area (Å²) in [6.07, 6.45) is 6.04. The van der Waals surface area contributed by atoms with E-state index in [2.05, 4.69) is 41.5 Å². The van der Waals surface area contributed by atoms with Crippen molar-refractivity contribution >= 4 is 0 Å². The summed E-state index contributed by atoms with van der Waals surface area (Å²) in [5.41, 5.74) is 2.99. The molecule has 0 aromatic carbocycles. The van der Waals surface area contributed by atoms with Crippen molar-refractivity contribution in [2.24, 2.45) is 45.3 Å². The molecule has 0 aromatic rings. The topological polar surface area (TPSA) is 0 Å². The molecule has 0 nitrogen and oxygen atoms in total. The molecule has 18 heavy (non-hydrogen) atoms. The van der Waals surface area contributed by atoms with E-state index in [1.54, 1.807) is 12.8 Å². The summed E-state index contributed by atoms with van der Waals surface area (Å²) in [6.45, 7) is 15.2. The van der Waals surface area contributed by atoms with Gasteiger partial charge in [-0.1, -0.05) is 41.5 Å². The largest absolute Gasteiger partial charge is 0.0648 e. The average Bonchev–Trinajstić information content (AvgIpc) is 2.29. The predicted octanol–water partition coefficient (Wildman–Crippen LogP) is 5.13. The van der Waals surface area contributed by atoms with E-state index in [0.29, 0.717) is 10.8 Å². The van der Waals surface area contributed by atoms with Gasteiger partial charge in [0.05, 0.1) is 0 Å². The van der Waals surface area contributed by atoms with Crippen LogP contribution in [0.15, 0.2) is 0 Å². The quantitative estimate of drug-likeness (QED) is 0.647. The molecule has 4 aliphatic rings. The Bertz CT molecular complexity index is 424. The van der Waals surface area contributed by atoms with Gasteiger partial charge in [0.25, 0.3) is 0 Å². The van der Waals surface area contributed by atoms with Gasteiger partial charge in [0.2, 0.25) is 0 Å². The van der Waals surface area contributed by atoms with Gasteiger partial charge in [-0.05, 0) is 71.0 Å². The molecule has 7 atom stereocenters. The Labute approximate surface area is 113 Å². The molecule has 7 unspecified atom stereocenters. The summed E-state index contributed by atoms with van der Waals surface area (Å²) in [6, 6.07) is 0. The molecule has 0 bridgehead atoms. The van der Waals surface area contributed by atoms with Gasteiger partial charge < -0.3 is 0 Å². The molecular weight excluding hydrogens is 216 g/mol. The Hall–Kier alpha value is 0. The standard InChI is InChI=1S/C18H30/c1-7-17(8-11(2)3)14-12(4)15(5)9-13-10-16(17,6)18(13,14)15/h11-14H,7-10H2,1-6H3. The van der Waals surface area contributed by atoms with Gasteiger partial charge in [0.1, 0.15) is 0 Å². The molecule has 0 N–H and O–H groups in total. The van der Waals surface area contributed by atoms with Crippen LogP contribution in [0, 0.1) is 45.3 Å². The van der Waals surface area contributed by atoms with E-state index >= 15 is 0 Å². The minimum absolute atomic E-state index is 0.705. The second kappa shape index (κ2) is 2.72. The van der Waals surface area contributed by atoms with Gasteiger partial charge in [0.15, 0.2) is 0 Å². The molecule has 0 saturated heterocycles. The van der Waals surface area contributed by atoms with Crippen LogP contribution in [0.5, 0.6) is 0 Å². The van der Waals surface area contributed by atoms with Crippen LogP contribution in [-0.2, 0) is 0 Å². The summed E-state index contributed by atoms with van der Waals surface area (Å²) in [7, 11) is 0. The van der Waals surface area contributed by atoms with Crippen molar-refractivity contribution in [1.82, 2.24) is 0 Å². The molecule has 0 radical (unpaired) electrons. The fraction of sp³-hybridized carbons (Fsp3) is 1.00. The fourth-order valence-electron chi connectivity index (χ4n) is 8.83. The summed E-state index contributed by atoms with van der Waals surface area (Å²) >= 11 is 0. The highest BCUT2D eigenvalue weighted by molar-refractivity contribution is 5.46. The Morgan fingerprint density at radius 3 is 2.33 bits per heavy atom. The van der Waals surface area contributed by atoms with E-state index in [9.17, 15) is 0 Å². The van der Waals surface area contributed by atoms with Crippen LogP contribution in [-0.4, -0.2) is 0 Å². The van der Waals surface area contributed by atoms with E-state index in [1.807, 2.05) is 0 Å². The first kappa shape index (κ1) is 11.8. The zero-order chi connectivity index (χ0) is 13.1. The summed E-state index contributed by atoms with van der Waals surface area (Å²) in [4.78, 5) is 0. The Kier molecular flexibility index (Phi) is 1.78. The first-order valence-electron chi connectivity index (χ1n) is 8.32. The second-order valence-electron chi connectivity index (χ2n) is 9.10. The molecule has 4 rings (SSSR count). The third-order valence-corrected chi connectivity index (χ3v) is 8.92. The Morgan fingerprint density at radius 1 is 1.17 bits per heavy atom. The van der Waals surface area contributed by atoms with Crippen molar-refractivity contribution in [3.8, 4) is 0 Å². The van der Waals surface area contributed by atoms with Crippen LogP contribution in [0.2, 0.25) is 0 Å². The smallest absolute Gasteiger partial charge is 0.0116 e. The molecule has 0 heteroatoms. The second-order valence-corrected chi connectivity index (χ2v) is 9.10. The normalized spacial score (nSPS) is 67.2. The lowest BCUT2D eigenvalue weighted by atomic mass is 9.01. The molecule has 4 aliphatic carbocycles. The maximum atomic E-state index is 2.68. The highest BCUT2D eigenvalue weighted by atomic mass is 15.0. The third-order valence-electron chi connectivity index (χ3n) is 8.92. The highest BCUT2D eigenvalue weighted by Crippen LogP contribution is 3.04. The molecule has 0 heterocycles. The van der Waals surface area contributed by atoms with Gasteiger partial charge in [-0.2, -0.15) is 0 Å². The van der Waals surface area contributed by atoms with Crippen LogP contribution < -0.4 is 0 Å². The van der Waals surface area contributed by atoms with Crippen molar-refractivity contribution < 1.29 is 0 Å². The van der Waals surface area contributed by atoms with Crippen molar-refractivity contribution in [3.63, 3.8) is 0 Å². The lowest BCUT2D eigenvalue weighted by Crippen LogP contribution is -2.98. The number of rotatable bonds is 3. The molecule has 1 spiro atoms. The van der Waals surface area contributed by atoms with Crippen LogP contribution in [0.1, 0.15) is 67.2 Å². The summed E-state index contributed by atoms with van der Waals surface area (Å²) in [5, 5.41) is 0. The van der Waals surface area contributed by atoms with Crippen LogP contribution in [0.4, 0.5) is 0 Å². The van der Waals surface area contributed by atoms with Crippen molar-refractivity contribution in [2.45, 2.75) is 67.2 Å². The lowest BCUT2D eigenvalue weighted by Gasteiger charge is -3.03. The van der Waals surface area contributed by atoms with E-state index in [-0.39, 0.29) is 0 Å². The summed E-state index contributed by atoms with van der Waals surface area (Å²) < 4.78 is 0. The number of hydrogen-bond acceptors (Lipinski definition) is 0. The summed E-state index contributed by atoms with van der Waals surface area (Å²) in [5.74, 6) is 4.08. The molecule has 4 fully saturated rings. The Morgan fingerprint density at radius 2 is 1.83 bits per heavy atom. The van der Waals surface area contributed by atoms with Gasteiger partial charge in [-0.25, -0.2) is 0 Å². The SMILES string of the molecule is CCC1(CC(C)C)C2C(C)C3(C)CC4CC1(C)C423. The first-order valence-corrected chi connectivity index (χ1v) is 8.32. The van der Waals surface area contributed by atoms with Gasteiger partial charge in [0, 0.05) is 0 Å². The van der Waals surface area contributed by atoms with Gasteiger partial charge in [-0.3, -0.25) is 0 Å². The minimum atomic E-state index is 0.705. The van der Waals surface area contributed by atoms with Crippen molar-refractivity contribution in [1.29, 1.82) is 0 Å². The first-order chi connectivity index (χ1) is 8.32. The molecular formula is C18H30. The van der Waals surface area contributed by atoms with Gasteiger partial charge in [-0.15, -0.1) is 0 Å². The van der Waals surface area contributed by atoms with E-state index in [1.165, 1.54) is 12.8 Å². The lowest BCUT2D eigenvalue weighted by molar-refractivity contribution is -0.556. The zero-order valence-corrected chi connectivity index (χ0v) is 13.1. The molecule has 0 aliphatic heterocycles. The maximum Gasteiger partial charge on any atom is -0.0116 e. The molecule has 4 saturated carbocycles. The monoisotopic (exact) mass is 246 g/mol. The van der Waals surface area contributed by atoms with Crippen LogP contribution in [0.3, 0.4) is 0 Å². The van der Waals surface area contributed by atoms with Crippen LogP contribution >= 0.6 is 0 Å². The van der Waals surface area contributed by atoms with Crippen molar-refractivity contribution in [2.75, 3.05) is 0 Å². The average molecular weight is 246 g/mol. The van der Waals surface area contributed by atoms with E-state index in [0.717, 1.165) is 34.5 Å². The predicted molar refractivity (Wildman–Crippen MR) is 76.2 cm³/mol. The van der Waals surface area contributed by atoms with Crippen molar-refractivity contribution in [3.05, 3.63) is 0 Å².